The van der Waals surface area contributed by atoms with Crippen LogP contribution < -0.4 is 11.1 Å². The van der Waals surface area contributed by atoms with E-state index in [0.29, 0.717) is 0 Å². The summed E-state index contributed by atoms with van der Waals surface area (Å²) < 4.78 is 5.35. The van der Waals surface area contributed by atoms with Gasteiger partial charge >= 0.3 is 6.09 Å². The predicted octanol–water partition coefficient (Wildman–Crippen LogP) is 4.33. The van der Waals surface area contributed by atoms with Gasteiger partial charge in [0.2, 0.25) is 0 Å². The molecule has 0 saturated heterocycles. The van der Waals surface area contributed by atoms with Crippen molar-refractivity contribution in [3.63, 3.8) is 0 Å². The fraction of sp³-hybridized carbons (Fsp3) is 0.304. The monoisotopic (exact) mass is 409 g/mol. The molecule has 1 heterocycles. The molecule has 6 heteroatoms. The Labute approximate surface area is 175 Å². The summed E-state index contributed by atoms with van der Waals surface area (Å²) in [6, 6.07) is 20.4. The molecule has 0 radical (unpaired) electrons. The molecule has 2 aromatic carbocycles. The summed E-state index contributed by atoms with van der Waals surface area (Å²) in [5.41, 5.74) is 10.5. The normalized spacial score (nSPS) is 12.9. The Kier molecular flexibility index (Phi) is 8.22. The molecule has 0 fully saturated rings. The number of thiazole rings is 1. The summed E-state index contributed by atoms with van der Waals surface area (Å²) in [7, 11) is 0. The second-order valence-corrected chi connectivity index (χ2v) is 8.07. The molecule has 3 aromatic rings. The number of aromatic nitrogens is 1. The van der Waals surface area contributed by atoms with Crippen LogP contribution in [0.3, 0.4) is 0 Å². The summed E-state index contributed by atoms with van der Waals surface area (Å²) in [5.74, 6) is 0. The third-order valence-electron chi connectivity index (χ3n) is 4.70. The lowest BCUT2D eigenvalue weighted by Crippen LogP contribution is -2.38. The zero-order valence-electron chi connectivity index (χ0n) is 16.4. The highest BCUT2D eigenvalue weighted by molar-refractivity contribution is 7.09. The van der Waals surface area contributed by atoms with Crippen LogP contribution in [0.15, 0.2) is 72.4 Å². The van der Waals surface area contributed by atoms with Crippen molar-refractivity contribution in [1.29, 1.82) is 0 Å². The maximum atomic E-state index is 12.3. The van der Waals surface area contributed by atoms with Gasteiger partial charge in [-0.1, -0.05) is 60.7 Å². The van der Waals surface area contributed by atoms with E-state index in [1.807, 2.05) is 36.4 Å². The first-order chi connectivity index (χ1) is 14.2. The highest BCUT2D eigenvalue weighted by atomic mass is 32.1. The van der Waals surface area contributed by atoms with Gasteiger partial charge in [0.25, 0.3) is 0 Å². The largest absolute Gasteiger partial charge is 0.444 e. The molecule has 0 aliphatic heterocycles. The van der Waals surface area contributed by atoms with E-state index < -0.39 is 6.09 Å². The van der Waals surface area contributed by atoms with Crippen LogP contribution in [-0.2, 0) is 24.2 Å². The summed E-state index contributed by atoms with van der Waals surface area (Å²) in [5, 5.41) is 3.01. The first-order valence-corrected chi connectivity index (χ1v) is 10.7. The summed E-state index contributed by atoms with van der Waals surface area (Å²) in [6.45, 7) is 0.238. The first kappa shape index (κ1) is 21.0. The molecule has 3 N–H and O–H groups in total. The standard InChI is InChI=1S/C23H27N3O2S/c24-20(13-18-7-3-1-4-8-18)11-12-21(14-19-9-5-2-6-10-19)26-23(27)28-16-22-15-25-17-29-22/h1-10,15,17,20-21H,11-14,16,24H2,(H,26,27). The van der Waals surface area contributed by atoms with Crippen molar-refractivity contribution in [3.05, 3.63) is 88.4 Å². The van der Waals surface area contributed by atoms with Crippen molar-refractivity contribution >= 4 is 17.4 Å². The van der Waals surface area contributed by atoms with E-state index in [9.17, 15) is 4.79 Å². The average molecular weight is 410 g/mol. The molecular formula is C23H27N3O2S. The number of nitrogens with two attached hydrogens (primary N) is 1. The maximum absolute atomic E-state index is 12.3. The van der Waals surface area contributed by atoms with E-state index in [1.165, 1.54) is 22.5 Å². The van der Waals surface area contributed by atoms with Gasteiger partial charge in [-0.15, -0.1) is 11.3 Å². The molecule has 5 nitrogen and oxygen atoms in total. The molecule has 3 rings (SSSR count). The summed E-state index contributed by atoms with van der Waals surface area (Å²) >= 11 is 1.47. The molecule has 1 aromatic heterocycles. The molecule has 152 valence electrons. The van der Waals surface area contributed by atoms with Crippen molar-refractivity contribution in [1.82, 2.24) is 10.3 Å². The Bertz CT molecular complexity index is 841. The Balaban J connectivity index is 1.52. The van der Waals surface area contributed by atoms with Crippen molar-refractivity contribution < 1.29 is 9.53 Å². The van der Waals surface area contributed by atoms with Crippen LogP contribution in [0.4, 0.5) is 4.79 Å². The van der Waals surface area contributed by atoms with Crippen LogP contribution in [0.25, 0.3) is 0 Å². The van der Waals surface area contributed by atoms with Crippen molar-refractivity contribution in [2.45, 2.75) is 44.4 Å². The minimum Gasteiger partial charge on any atom is -0.444 e. The quantitative estimate of drug-likeness (QED) is 0.522. The molecule has 2 unspecified atom stereocenters. The Morgan fingerprint density at radius 2 is 1.66 bits per heavy atom. The van der Waals surface area contributed by atoms with Gasteiger partial charge in [0.15, 0.2) is 0 Å². The molecular weight excluding hydrogens is 382 g/mol. The Morgan fingerprint density at radius 3 is 2.28 bits per heavy atom. The lowest BCUT2D eigenvalue weighted by atomic mass is 9.96. The molecule has 0 spiro atoms. The van der Waals surface area contributed by atoms with Gasteiger partial charge in [-0.2, -0.15) is 0 Å². The Morgan fingerprint density at radius 1 is 1.00 bits per heavy atom. The highest BCUT2D eigenvalue weighted by Gasteiger charge is 2.16. The number of rotatable bonds is 10. The van der Waals surface area contributed by atoms with Gasteiger partial charge < -0.3 is 15.8 Å². The van der Waals surface area contributed by atoms with Crippen LogP contribution in [-0.4, -0.2) is 23.2 Å². The van der Waals surface area contributed by atoms with Gasteiger partial charge in [0, 0.05) is 18.3 Å². The highest BCUT2D eigenvalue weighted by Crippen LogP contribution is 2.13. The number of ether oxygens (including phenoxy) is 1. The minimum absolute atomic E-state index is 0.0341. The number of alkyl carbamates (subject to hydrolysis) is 1. The van der Waals surface area contributed by atoms with Gasteiger partial charge in [-0.25, -0.2) is 4.79 Å². The molecule has 0 bridgehead atoms. The lowest BCUT2D eigenvalue weighted by Gasteiger charge is -2.21. The first-order valence-electron chi connectivity index (χ1n) is 9.83. The van der Waals surface area contributed by atoms with Crippen LogP contribution in [0, 0.1) is 0 Å². The van der Waals surface area contributed by atoms with Crippen LogP contribution in [0.1, 0.15) is 28.8 Å². The van der Waals surface area contributed by atoms with E-state index in [0.717, 1.165) is 30.6 Å². The Hall–Kier alpha value is -2.70. The molecule has 2 atom stereocenters. The van der Waals surface area contributed by atoms with E-state index in [2.05, 4.69) is 34.6 Å². The fourth-order valence-electron chi connectivity index (χ4n) is 3.22. The number of carbonyl (C=O) groups is 1. The third-order valence-corrected chi connectivity index (χ3v) is 5.46. The lowest BCUT2D eigenvalue weighted by molar-refractivity contribution is 0.135. The predicted molar refractivity (Wildman–Crippen MR) is 117 cm³/mol. The molecule has 0 saturated carbocycles. The number of hydrogen-bond acceptors (Lipinski definition) is 5. The van der Waals surface area contributed by atoms with Crippen molar-refractivity contribution in [2.75, 3.05) is 0 Å². The van der Waals surface area contributed by atoms with Gasteiger partial charge in [-0.3, -0.25) is 4.98 Å². The average Bonchev–Trinajstić information content (AvgIpc) is 3.26. The number of carbonyl (C=O) groups excluding carboxylic acids is 1. The van der Waals surface area contributed by atoms with Crippen LogP contribution >= 0.6 is 11.3 Å². The van der Waals surface area contributed by atoms with Gasteiger partial charge in [0.05, 0.1) is 10.4 Å². The topological polar surface area (TPSA) is 77.2 Å². The van der Waals surface area contributed by atoms with E-state index in [1.54, 1.807) is 11.7 Å². The summed E-state index contributed by atoms with van der Waals surface area (Å²) in [6.07, 6.45) is 4.49. The number of benzene rings is 2. The third kappa shape index (κ3) is 7.68. The van der Waals surface area contributed by atoms with Crippen molar-refractivity contribution in [3.8, 4) is 0 Å². The molecule has 29 heavy (non-hydrogen) atoms. The minimum atomic E-state index is -0.407. The smallest absolute Gasteiger partial charge is 0.407 e. The molecule has 0 aliphatic rings. The molecule has 0 aliphatic carbocycles. The van der Waals surface area contributed by atoms with Crippen LogP contribution in [0.5, 0.6) is 0 Å². The molecule has 1 amide bonds. The fourth-order valence-corrected chi connectivity index (χ4v) is 3.72. The zero-order valence-corrected chi connectivity index (χ0v) is 17.2. The number of nitrogens with zero attached hydrogens (tertiary/aromatic N) is 1. The number of hydrogen-bond donors (Lipinski definition) is 2. The van der Waals surface area contributed by atoms with Gasteiger partial charge in [-0.05, 0) is 36.8 Å². The number of nitrogens with one attached hydrogen (secondary N) is 1. The zero-order chi connectivity index (χ0) is 20.3. The SMILES string of the molecule is NC(CCC(Cc1ccccc1)NC(=O)OCc1cncs1)Cc1ccccc1. The second-order valence-electron chi connectivity index (χ2n) is 7.10. The summed E-state index contributed by atoms with van der Waals surface area (Å²) in [4.78, 5) is 17.2. The number of amides is 1. The maximum Gasteiger partial charge on any atom is 0.407 e. The van der Waals surface area contributed by atoms with E-state index in [4.69, 9.17) is 10.5 Å². The van der Waals surface area contributed by atoms with Crippen molar-refractivity contribution in [2.24, 2.45) is 5.73 Å². The van der Waals surface area contributed by atoms with Gasteiger partial charge in [0.1, 0.15) is 6.61 Å². The van der Waals surface area contributed by atoms with E-state index >= 15 is 0 Å². The second kappa shape index (κ2) is 11.3. The van der Waals surface area contributed by atoms with Crippen LogP contribution in [0.2, 0.25) is 0 Å². The van der Waals surface area contributed by atoms with E-state index in [-0.39, 0.29) is 18.7 Å².